The smallest absolute Gasteiger partial charge is 0.0412 e. The van der Waals surface area contributed by atoms with Crippen LogP contribution in [0, 0.1) is 11.8 Å². The minimum absolute atomic E-state index is 0.434. The maximum absolute atomic E-state index is 6.20. The monoisotopic (exact) mass is 294 g/mol. The molecule has 0 radical (unpaired) electrons. The molecular weight excluding hydrogens is 276 g/mol. The van der Waals surface area contributed by atoms with Crippen molar-refractivity contribution in [3.05, 3.63) is 58.6 Å². The Morgan fingerprint density at radius 2 is 2.00 bits per heavy atom. The minimum atomic E-state index is 0.434. The number of hydrogen-bond donors (Lipinski definition) is 0. The van der Waals surface area contributed by atoms with E-state index in [0.29, 0.717) is 5.41 Å². The molecule has 1 spiro atoms. The molecule has 3 aliphatic carbocycles. The lowest BCUT2D eigenvalue weighted by Crippen LogP contribution is -2.34. The van der Waals surface area contributed by atoms with Crippen LogP contribution in [-0.2, 0) is 11.8 Å². The molecule has 3 aliphatic rings. The van der Waals surface area contributed by atoms with E-state index in [1.54, 1.807) is 11.1 Å². The molecule has 0 heterocycles. The summed E-state index contributed by atoms with van der Waals surface area (Å²) in [4.78, 5) is 0. The largest absolute Gasteiger partial charge is 0.0851 e. The predicted octanol–water partition coefficient (Wildman–Crippen LogP) is 5.66. The zero-order chi connectivity index (χ0) is 14.0. The van der Waals surface area contributed by atoms with E-state index in [2.05, 4.69) is 36.4 Å². The summed E-state index contributed by atoms with van der Waals surface area (Å²) in [6, 6.07) is 11.2. The molecule has 1 heteroatoms. The van der Waals surface area contributed by atoms with Crippen LogP contribution in [0.5, 0.6) is 0 Å². The summed E-state index contributed by atoms with van der Waals surface area (Å²) in [5, 5.41) is 3.50. The highest BCUT2D eigenvalue weighted by atomic mass is 35.5. The van der Waals surface area contributed by atoms with Crippen molar-refractivity contribution in [2.45, 2.75) is 37.5 Å². The van der Waals surface area contributed by atoms with E-state index in [9.17, 15) is 0 Å². The molecule has 2 aromatic rings. The molecule has 106 valence electrons. The Balaban J connectivity index is 1.76. The summed E-state index contributed by atoms with van der Waals surface area (Å²) < 4.78 is 0. The van der Waals surface area contributed by atoms with E-state index >= 15 is 0 Å². The molecule has 0 N–H and O–H groups in total. The maximum atomic E-state index is 6.20. The van der Waals surface area contributed by atoms with Crippen LogP contribution < -0.4 is 0 Å². The second-order valence-electron chi connectivity index (χ2n) is 7.20. The summed E-state index contributed by atoms with van der Waals surface area (Å²) >= 11 is 6.20. The van der Waals surface area contributed by atoms with E-state index in [4.69, 9.17) is 11.6 Å². The third-order valence-corrected chi connectivity index (χ3v) is 6.37. The lowest BCUT2D eigenvalue weighted by atomic mass is 9.63. The molecule has 0 amide bonds. The number of allylic oxidation sites excluding steroid dienone is 2. The van der Waals surface area contributed by atoms with Gasteiger partial charge >= 0.3 is 0 Å². The van der Waals surface area contributed by atoms with Gasteiger partial charge in [0.25, 0.3) is 0 Å². The summed E-state index contributed by atoms with van der Waals surface area (Å²) in [5.41, 5.74) is 3.67. The molecule has 0 saturated heterocycles. The molecule has 2 bridgehead atoms. The number of hydrogen-bond acceptors (Lipinski definition) is 0. The molecule has 5 rings (SSSR count). The standard InChI is InChI=1S/C20H19Cl/c21-18-6-4-14-9-15-2-1-7-20(19(15)11-16(14)10-18)12-13-3-5-17(20)8-13/h3-6,9-11,13,17H,1-2,7-8,12H2. The highest BCUT2D eigenvalue weighted by molar-refractivity contribution is 6.31. The fourth-order valence-electron chi connectivity index (χ4n) is 5.27. The van der Waals surface area contributed by atoms with Crippen molar-refractivity contribution in [3.8, 4) is 0 Å². The van der Waals surface area contributed by atoms with Crippen LogP contribution >= 0.6 is 11.6 Å². The Bertz CT molecular complexity index is 773. The van der Waals surface area contributed by atoms with Gasteiger partial charge in [0.05, 0.1) is 0 Å². The minimum Gasteiger partial charge on any atom is -0.0851 e. The first-order chi connectivity index (χ1) is 10.2. The zero-order valence-electron chi connectivity index (χ0n) is 12.1. The van der Waals surface area contributed by atoms with E-state index < -0.39 is 0 Å². The topological polar surface area (TPSA) is 0 Å². The lowest BCUT2D eigenvalue weighted by molar-refractivity contribution is 0.304. The van der Waals surface area contributed by atoms with Crippen LogP contribution in [0.15, 0.2) is 42.5 Å². The summed E-state index contributed by atoms with van der Waals surface area (Å²) in [5.74, 6) is 1.61. The van der Waals surface area contributed by atoms with Gasteiger partial charge in [-0.3, -0.25) is 0 Å². The number of benzene rings is 2. The fraction of sp³-hybridized carbons (Fsp3) is 0.400. The number of fused-ring (bicyclic) bond motifs is 6. The van der Waals surface area contributed by atoms with E-state index in [1.807, 2.05) is 6.07 Å². The highest BCUT2D eigenvalue weighted by Gasteiger charge is 2.50. The van der Waals surface area contributed by atoms with Gasteiger partial charge in [0.2, 0.25) is 0 Å². The lowest BCUT2D eigenvalue weighted by Gasteiger charge is -2.41. The van der Waals surface area contributed by atoms with Gasteiger partial charge in [-0.1, -0.05) is 42.0 Å². The van der Waals surface area contributed by atoms with E-state index in [-0.39, 0.29) is 0 Å². The van der Waals surface area contributed by atoms with Crippen LogP contribution in [0.4, 0.5) is 0 Å². The van der Waals surface area contributed by atoms with Gasteiger partial charge in [0.1, 0.15) is 0 Å². The zero-order valence-corrected chi connectivity index (χ0v) is 12.9. The second kappa shape index (κ2) is 4.14. The molecular formula is C20H19Cl. The number of rotatable bonds is 0. The molecule has 3 unspecified atom stereocenters. The van der Waals surface area contributed by atoms with Crippen LogP contribution in [0.3, 0.4) is 0 Å². The quantitative estimate of drug-likeness (QED) is 0.550. The van der Waals surface area contributed by atoms with Crippen molar-refractivity contribution in [2.75, 3.05) is 0 Å². The van der Waals surface area contributed by atoms with Crippen LogP contribution in [0.2, 0.25) is 5.02 Å². The van der Waals surface area contributed by atoms with Crippen LogP contribution in [0.25, 0.3) is 10.8 Å². The van der Waals surface area contributed by atoms with Gasteiger partial charge in [-0.05, 0) is 78.0 Å². The summed E-state index contributed by atoms with van der Waals surface area (Å²) in [7, 11) is 0. The van der Waals surface area contributed by atoms with Crippen molar-refractivity contribution in [1.29, 1.82) is 0 Å². The van der Waals surface area contributed by atoms with E-state index in [1.165, 1.54) is 42.9 Å². The maximum Gasteiger partial charge on any atom is 0.0412 e. The first-order valence-electron chi connectivity index (χ1n) is 8.16. The average Bonchev–Trinajstić information content (AvgIpc) is 3.07. The van der Waals surface area contributed by atoms with Crippen LogP contribution in [0.1, 0.15) is 36.8 Å². The summed E-state index contributed by atoms with van der Waals surface area (Å²) in [6.07, 6.45) is 11.7. The Hall–Kier alpha value is -1.27. The molecule has 1 fully saturated rings. The van der Waals surface area contributed by atoms with Crippen molar-refractivity contribution in [1.82, 2.24) is 0 Å². The molecule has 2 aromatic carbocycles. The first-order valence-corrected chi connectivity index (χ1v) is 8.53. The highest BCUT2D eigenvalue weighted by Crippen LogP contribution is 2.58. The van der Waals surface area contributed by atoms with Gasteiger partial charge in [0.15, 0.2) is 0 Å². The third-order valence-electron chi connectivity index (χ3n) is 6.14. The molecule has 3 atom stereocenters. The van der Waals surface area contributed by atoms with Crippen LogP contribution in [-0.4, -0.2) is 0 Å². The average molecular weight is 295 g/mol. The predicted molar refractivity (Wildman–Crippen MR) is 88.9 cm³/mol. The van der Waals surface area contributed by atoms with Crippen molar-refractivity contribution in [2.24, 2.45) is 11.8 Å². The van der Waals surface area contributed by atoms with Gasteiger partial charge in [-0.15, -0.1) is 0 Å². The molecule has 0 aromatic heterocycles. The third kappa shape index (κ3) is 1.63. The number of aryl methyl sites for hydroxylation is 1. The molecule has 0 nitrogen and oxygen atoms in total. The Labute approximate surface area is 130 Å². The van der Waals surface area contributed by atoms with E-state index in [0.717, 1.165) is 16.9 Å². The molecule has 21 heavy (non-hydrogen) atoms. The molecule has 1 saturated carbocycles. The van der Waals surface area contributed by atoms with Gasteiger partial charge < -0.3 is 0 Å². The van der Waals surface area contributed by atoms with Gasteiger partial charge in [-0.2, -0.15) is 0 Å². The normalized spacial score (nSPS) is 33.0. The van der Waals surface area contributed by atoms with Crippen molar-refractivity contribution < 1.29 is 0 Å². The number of halogens is 1. The Kier molecular flexibility index (Phi) is 2.42. The van der Waals surface area contributed by atoms with Gasteiger partial charge in [0, 0.05) is 10.4 Å². The summed E-state index contributed by atoms with van der Waals surface area (Å²) in [6.45, 7) is 0. The second-order valence-corrected chi connectivity index (χ2v) is 7.64. The van der Waals surface area contributed by atoms with Crippen molar-refractivity contribution in [3.63, 3.8) is 0 Å². The fourth-order valence-corrected chi connectivity index (χ4v) is 5.45. The first kappa shape index (κ1) is 12.3. The van der Waals surface area contributed by atoms with Crippen molar-refractivity contribution >= 4 is 22.4 Å². The SMILES string of the molecule is Clc1ccc2cc3c(cc2c1)C1(CCC3)CC2C=CC1C2. The van der Waals surface area contributed by atoms with Gasteiger partial charge in [-0.25, -0.2) is 0 Å². The Morgan fingerprint density at radius 3 is 2.81 bits per heavy atom. The Morgan fingerprint density at radius 1 is 1.05 bits per heavy atom. The molecule has 0 aliphatic heterocycles.